The third-order valence-electron chi connectivity index (χ3n) is 3.86. The van der Waals surface area contributed by atoms with Crippen LogP contribution >= 0.6 is 12.2 Å². The number of nitrogens with two attached hydrogens (primary N) is 1. The second-order valence-electron chi connectivity index (χ2n) is 5.37. The van der Waals surface area contributed by atoms with Gasteiger partial charge in [-0.3, -0.25) is 0 Å². The fourth-order valence-corrected chi connectivity index (χ4v) is 4.53. The number of aliphatic hydroxyl groups excluding tert-OH is 1. The number of hydrogen-bond acceptors (Lipinski definition) is 4. The zero-order valence-corrected chi connectivity index (χ0v) is 13.6. The molecule has 0 spiro atoms. The van der Waals surface area contributed by atoms with Crippen molar-refractivity contribution in [3.8, 4) is 0 Å². The molecule has 0 amide bonds. The number of nitrogens with zero attached hydrogens (tertiary/aromatic N) is 1. The van der Waals surface area contributed by atoms with Gasteiger partial charge in [0, 0.05) is 25.3 Å². The van der Waals surface area contributed by atoms with Crippen LogP contribution in [0.15, 0.2) is 23.1 Å². The molecular weight excluding hydrogens is 308 g/mol. The predicted octanol–water partition coefficient (Wildman–Crippen LogP) is 1.02. The van der Waals surface area contributed by atoms with Crippen LogP contribution < -0.4 is 5.73 Å². The molecule has 1 fully saturated rings. The van der Waals surface area contributed by atoms with E-state index in [9.17, 15) is 8.42 Å². The summed E-state index contributed by atoms with van der Waals surface area (Å²) in [6.45, 7) is 2.82. The number of thiocarbonyl (C=S) groups is 1. The molecular formula is C14H20N2O3S2. The monoisotopic (exact) mass is 328 g/mol. The van der Waals surface area contributed by atoms with Crippen molar-refractivity contribution < 1.29 is 13.5 Å². The normalized spacial score (nSPS) is 19.8. The lowest BCUT2D eigenvalue weighted by atomic mass is 10.1. The highest BCUT2D eigenvalue weighted by Crippen LogP contribution is 2.28. The molecule has 0 aromatic heterocycles. The summed E-state index contributed by atoms with van der Waals surface area (Å²) >= 11 is 4.90. The first-order valence-corrected chi connectivity index (χ1v) is 8.72. The molecule has 1 aliphatic heterocycles. The van der Waals surface area contributed by atoms with Crippen molar-refractivity contribution in [2.45, 2.75) is 24.7 Å². The van der Waals surface area contributed by atoms with Gasteiger partial charge in [-0.15, -0.1) is 0 Å². The predicted molar refractivity (Wildman–Crippen MR) is 85.6 cm³/mol. The highest BCUT2D eigenvalue weighted by Gasteiger charge is 2.33. The summed E-state index contributed by atoms with van der Waals surface area (Å²) in [5.41, 5.74) is 6.88. The van der Waals surface area contributed by atoms with Crippen LogP contribution in [0.25, 0.3) is 0 Å². The van der Waals surface area contributed by atoms with Crippen LogP contribution in [0.1, 0.15) is 24.0 Å². The first kappa shape index (κ1) is 16.4. The van der Waals surface area contributed by atoms with Crippen LogP contribution in [0.5, 0.6) is 0 Å². The summed E-state index contributed by atoms with van der Waals surface area (Å²) in [6.07, 6.45) is 1.44. The standard InChI is InChI=1S/C14H20N2O3S2/c1-10-8-12(14(15)20)2-3-13(10)21(18,19)16-6-4-11(9-16)5-7-17/h2-3,8,11,17H,4-7,9H2,1H3,(H2,15,20). The molecule has 1 aromatic rings. The highest BCUT2D eigenvalue weighted by atomic mass is 32.2. The van der Waals surface area contributed by atoms with E-state index in [-0.39, 0.29) is 17.5 Å². The van der Waals surface area contributed by atoms with Crippen LogP contribution in [0.2, 0.25) is 0 Å². The Bertz CT molecular complexity index is 644. The van der Waals surface area contributed by atoms with Gasteiger partial charge >= 0.3 is 0 Å². The Kier molecular flexibility index (Phi) is 4.98. The Hall–Kier alpha value is -1.02. The number of rotatable bonds is 5. The van der Waals surface area contributed by atoms with Crippen LogP contribution in [-0.2, 0) is 10.0 Å². The molecule has 1 atom stereocenters. The summed E-state index contributed by atoms with van der Waals surface area (Å²) in [6, 6.07) is 4.92. The van der Waals surface area contributed by atoms with E-state index < -0.39 is 10.0 Å². The van der Waals surface area contributed by atoms with E-state index in [1.54, 1.807) is 25.1 Å². The van der Waals surface area contributed by atoms with Gasteiger partial charge in [0.15, 0.2) is 0 Å². The number of sulfonamides is 1. The first-order chi connectivity index (χ1) is 9.86. The molecule has 1 aromatic carbocycles. The van der Waals surface area contributed by atoms with E-state index in [2.05, 4.69) is 0 Å². The fraction of sp³-hybridized carbons (Fsp3) is 0.500. The molecule has 1 saturated heterocycles. The maximum absolute atomic E-state index is 12.7. The zero-order chi connectivity index (χ0) is 15.6. The minimum atomic E-state index is -3.50. The zero-order valence-electron chi connectivity index (χ0n) is 11.9. The van der Waals surface area contributed by atoms with Crippen molar-refractivity contribution in [2.75, 3.05) is 19.7 Å². The van der Waals surface area contributed by atoms with Gasteiger partial charge in [-0.25, -0.2) is 8.42 Å². The SMILES string of the molecule is Cc1cc(C(N)=S)ccc1S(=O)(=O)N1CCC(CCO)C1. The summed E-state index contributed by atoms with van der Waals surface area (Å²) in [5.74, 6) is 0.237. The maximum Gasteiger partial charge on any atom is 0.243 e. The van der Waals surface area contributed by atoms with Gasteiger partial charge in [0.05, 0.1) is 4.90 Å². The topological polar surface area (TPSA) is 83.6 Å². The third-order valence-corrected chi connectivity index (χ3v) is 6.12. The lowest BCUT2D eigenvalue weighted by molar-refractivity contribution is 0.259. The van der Waals surface area contributed by atoms with E-state index in [1.807, 2.05) is 0 Å². The minimum Gasteiger partial charge on any atom is -0.396 e. The number of aryl methyl sites for hydroxylation is 1. The Labute approximate surface area is 130 Å². The Balaban J connectivity index is 2.26. The number of aliphatic hydroxyl groups is 1. The van der Waals surface area contributed by atoms with Gasteiger partial charge < -0.3 is 10.8 Å². The van der Waals surface area contributed by atoms with Gasteiger partial charge in [-0.2, -0.15) is 4.31 Å². The molecule has 0 aliphatic carbocycles. The lowest BCUT2D eigenvalue weighted by Gasteiger charge is -2.18. The average Bonchev–Trinajstić information content (AvgIpc) is 2.88. The Morgan fingerprint density at radius 3 is 2.81 bits per heavy atom. The summed E-state index contributed by atoms with van der Waals surface area (Å²) in [7, 11) is -3.50. The molecule has 0 saturated carbocycles. The molecule has 0 bridgehead atoms. The van der Waals surface area contributed by atoms with Gasteiger partial charge in [-0.05, 0) is 43.4 Å². The average molecular weight is 328 g/mol. The van der Waals surface area contributed by atoms with Crippen LogP contribution in [0.4, 0.5) is 0 Å². The Morgan fingerprint density at radius 2 is 2.24 bits per heavy atom. The van der Waals surface area contributed by atoms with Gasteiger partial charge in [-0.1, -0.05) is 18.3 Å². The number of hydrogen-bond donors (Lipinski definition) is 2. The molecule has 2 rings (SSSR count). The molecule has 21 heavy (non-hydrogen) atoms. The van der Waals surface area contributed by atoms with E-state index in [4.69, 9.17) is 23.1 Å². The van der Waals surface area contributed by atoms with Crippen molar-refractivity contribution in [3.63, 3.8) is 0 Å². The smallest absolute Gasteiger partial charge is 0.243 e. The second kappa shape index (κ2) is 6.39. The summed E-state index contributed by atoms with van der Waals surface area (Å²) < 4.78 is 26.9. The molecule has 116 valence electrons. The minimum absolute atomic E-state index is 0.0974. The largest absolute Gasteiger partial charge is 0.396 e. The fourth-order valence-electron chi connectivity index (χ4n) is 2.66. The van der Waals surface area contributed by atoms with Gasteiger partial charge in [0.25, 0.3) is 0 Å². The van der Waals surface area contributed by atoms with Crippen molar-refractivity contribution in [3.05, 3.63) is 29.3 Å². The van der Waals surface area contributed by atoms with Gasteiger partial charge in [0.1, 0.15) is 4.99 Å². The molecule has 3 N–H and O–H groups in total. The Morgan fingerprint density at radius 1 is 1.52 bits per heavy atom. The number of benzene rings is 1. The highest BCUT2D eigenvalue weighted by molar-refractivity contribution is 7.89. The molecule has 1 aliphatic rings. The van der Waals surface area contributed by atoms with Crippen LogP contribution in [-0.4, -0.2) is 42.5 Å². The van der Waals surface area contributed by atoms with E-state index in [0.29, 0.717) is 35.5 Å². The molecule has 0 radical (unpaired) electrons. The molecule has 5 nitrogen and oxygen atoms in total. The van der Waals surface area contributed by atoms with Gasteiger partial charge in [0.2, 0.25) is 10.0 Å². The molecule has 7 heteroatoms. The molecule has 1 unspecified atom stereocenters. The van der Waals surface area contributed by atoms with Crippen molar-refractivity contribution in [1.82, 2.24) is 4.31 Å². The molecule has 1 heterocycles. The third kappa shape index (κ3) is 3.42. The van der Waals surface area contributed by atoms with Crippen molar-refractivity contribution >= 4 is 27.2 Å². The second-order valence-corrected chi connectivity index (χ2v) is 7.72. The first-order valence-electron chi connectivity index (χ1n) is 6.87. The van der Waals surface area contributed by atoms with Crippen LogP contribution in [0, 0.1) is 12.8 Å². The summed E-state index contributed by atoms with van der Waals surface area (Å²) in [5, 5.41) is 8.97. The van der Waals surface area contributed by atoms with Crippen molar-refractivity contribution in [2.24, 2.45) is 11.7 Å². The van der Waals surface area contributed by atoms with E-state index in [0.717, 1.165) is 6.42 Å². The summed E-state index contributed by atoms with van der Waals surface area (Å²) in [4.78, 5) is 0.554. The van der Waals surface area contributed by atoms with Crippen LogP contribution in [0.3, 0.4) is 0 Å². The van der Waals surface area contributed by atoms with Crippen molar-refractivity contribution in [1.29, 1.82) is 0 Å². The van der Waals surface area contributed by atoms with E-state index >= 15 is 0 Å². The van der Waals surface area contributed by atoms with E-state index in [1.165, 1.54) is 4.31 Å². The quantitative estimate of drug-likeness (QED) is 0.789. The lowest BCUT2D eigenvalue weighted by Crippen LogP contribution is -2.29. The maximum atomic E-state index is 12.7.